The highest BCUT2D eigenvalue weighted by molar-refractivity contribution is 7.17. The van der Waals surface area contributed by atoms with Crippen molar-refractivity contribution >= 4 is 27.9 Å². The van der Waals surface area contributed by atoms with Gasteiger partial charge >= 0.3 is 0 Å². The van der Waals surface area contributed by atoms with Crippen molar-refractivity contribution < 1.29 is 4.79 Å². The molecule has 0 unspecified atom stereocenters. The SMILES string of the molecule is Cc1cn2cc(-c3ccc4c(c3)CC(=O)N4)nc2s1. The molecule has 0 bridgehead atoms. The van der Waals surface area contributed by atoms with E-state index in [1.807, 2.05) is 28.8 Å². The van der Waals surface area contributed by atoms with Gasteiger partial charge in [-0.2, -0.15) is 0 Å². The highest BCUT2D eigenvalue weighted by Crippen LogP contribution is 2.29. The Hall–Kier alpha value is -2.14. The van der Waals surface area contributed by atoms with Crippen LogP contribution in [0.15, 0.2) is 30.6 Å². The number of imidazole rings is 1. The predicted octanol–water partition coefficient (Wildman–Crippen LogP) is 2.87. The number of rotatable bonds is 1. The van der Waals surface area contributed by atoms with E-state index in [2.05, 4.69) is 23.4 Å². The van der Waals surface area contributed by atoms with Gasteiger partial charge in [-0.15, -0.1) is 11.3 Å². The summed E-state index contributed by atoms with van der Waals surface area (Å²) in [6.45, 7) is 2.08. The summed E-state index contributed by atoms with van der Waals surface area (Å²) >= 11 is 1.68. The van der Waals surface area contributed by atoms with E-state index in [1.165, 1.54) is 4.88 Å². The number of thiazole rings is 1. The predicted molar refractivity (Wildman–Crippen MR) is 75.6 cm³/mol. The minimum atomic E-state index is 0.0635. The van der Waals surface area contributed by atoms with Crippen LogP contribution in [0.5, 0.6) is 0 Å². The van der Waals surface area contributed by atoms with Gasteiger partial charge in [-0.3, -0.25) is 9.20 Å². The number of carbonyl (C=O) groups is 1. The number of amides is 1. The molecular weight excluding hydrogens is 258 g/mol. The van der Waals surface area contributed by atoms with E-state index < -0.39 is 0 Å². The lowest BCUT2D eigenvalue weighted by molar-refractivity contribution is -0.115. The molecule has 1 aromatic carbocycles. The molecule has 0 atom stereocenters. The fourth-order valence-electron chi connectivity index (χ4n) is 2.44. The number of aromatic nitrogens is 2. The first-order valence-corrected chi connectivity index (χ1v) is 6.89. The number of hydrogen-bond acceptors (Lipinski definition) is 3. The van der Waals surface area contributed by atoms with Crippen molar-refractivity contribution in [2.45, 2.75) is 13.3 Å². The first-order valence-electron chi connectivity index (χ1n) is 6.07. The summed E-state index contributed by atoms with van der Waals surface area (Å²) in [4.78, 5) is 18.2. The zero-order valence-corrected chi connectivity index (χ0v) is 11.1. The standard InChI is InChI=1S/C14H11N3OS/c1-8-6-17-7-12(16-14(17)19-8)9-2-3-11-10(4-9)5-13(18)15-11/h2-4,6-7H,5H2,1H3,(H,15,18). The molecule has 4 nitrogen and oxygen atoms in total. The van der Waals surface area contributed by atoms with Crippen molar-refractivity contribution in [2.75, 3.05) is 5.32 Å². The zero-order valence-electron chi connectivity index (χ0n) is 10.3. The Morgan fingerprint density at radius 3 is 3.11 bits per heavy atom. The lowest BCUT2D eigenvalue weighted by Gasteiger charge is -2.01. The lowest BCUT2D eigenvalue weighted by atomic mass is 10.1. The molecule has 1 amide bonds. The van der Waals surface area contributed by atoms with Gasteiger partial charge in [-0.25, -0.2) is 4.98 Å². The topological polar surface area (TPSA) is 46.4 Å². The number of carbonyl (C=O) groups excluding carboxylic acids is 1. The average Bonchev–Trinajstić information content (AvgIpc) is 2.98. The molecule has 5 heteroatoms. The maximum absolute atomic E-state index is 11.4. The van der Waals surface area contributed by atoms with E-state index in [0.717, 1.165) is 27.5 Å². The van der Waals surface area contributed by atoms with Gasteiger partial charge in [0, 0.05) is 28.5 Å². The van der Waals surface area contributed by atoms with Crippen molar-refractivity contribution in [3.05, 3.63) is 41.0 Å². The molecule has 0 radical (unpaired) electrons. The quantitative estimate of drug-likeness (QED) is 0.738. The second-order valence-corrected chi connectivity index (χ2v) is 5.97. The number of anilines is 1. The molecule has 19 heavy (non-hydrogen) atoms. The van der Waals surface area contributed by atoms with Crippen molar-refractivity contribution in [1.82, 2.24) is 9.38 Å². The summed E-state index contributed by atoms with van der Waals surface area (Å²) in [6, 6.07) is 6.00. The van der Waals surface area contributed by atoms with Crippen LogP contribution in [0.3, 0.4) is 0 Å². The van der Waals surface area contributed by atoms with E-state index in [0.29, 0.717) is 6.42 Å². The zero-order chi connectivity index (χ0) is 13.0. The fraction of sp³-hybridized carbons (Fsp3) is 0.143. The van der Waals surface area contributed by atoms with E-state index in [-0.39, 0.29) is 5.91 Å². The van der Waals surface area contributed by atoms with Crippen LogP contribution >= 0.6 is 11.3 Å². The van der Waals surface area contributed by atoms with Crippen LogP contribution < -0.4 is 5.32 Å². The molecule has 0 aliphatic carbocycles. The minimum Gasteiger partial charge on any atom is -0.326 e. The summed E-state index contributed by atoms with van der Waals surface area (Å²) in [5, 5.41) is 2.84. The Labute approximate surface area is 113 Å². The normalized spacial score (nSPS) is 13.8. The van der Waals surface area contributed by atoms with Gasteiger partial charge in [-0.05, 0) is 24.6 Å². The molecule has 0 spiro atoms. The van der Waals surface area contributed by atoms with Crippen molar-refractivity contribution in [3.8, 4) is 11.3 Å². The number of hydrogen-bond donors (Lipinski definition) is 1. The Balaban J connectivity index is 1.81. The number of fused-ring (bicyclic) bond motifs is 2. The number of benzene rings is 1. The third-order valence-corrected chi connectivity index (χ3v) is 4.21. The molecule has 0 fully saturated rings. The number of nitrogens with zero attached hydrogens (tertiary/aromatic N) is 2. The largest absolute Gasteiger partial charge is 0.326 e. The maximum Gasteiger partial charge on any atom is 0.228 e. The summed E-state index contributed by atoms with van der Waals surface area (Å²) in [7, 11) is 0. The highest BCUT2D eigenvalue weighted by Gasteiger charge is 2.18. The Bertz CT molecular complexity index is 784. The summed E-state index contributed by atoms with van der Waals surface area (Å²) in [5.41, 5.74) is 3.98. The van der Waals surface area contributed by atoms with Gasteiger partial charge in [0.1, 0.15) is 0 Å². The first kappa shape index (κ1) is 10.8. The summed E-state index contributed by atoms with van der Waals surface area (Å²) in [5.74, 6) is 0.0635. The van der Waals surface area contributed by atoms with Gasteiger partial charge in [-0.1, -0.05) is 6.07 Å². The Kier molecular flexibility index (Phi) is 2.08. The average molecular weight is 269 g/mol. The van der Waals surface area contributed by atoms with Crippen molar-refractivity contribution in [3.63, 3.8) is 0 Å². The molecule has 0 saturated carbocycles. The Morgan fingerprint density at radius 1 is 1.37 bits per heavy atom. The van der Waals surface area contributed by atoms with E-state index in [9.17, 15) is 4.79 Å². The highest BCUT2D eigenvalue weighted by atomic mass is 32.1. The van der Waals surface area contributed by atoms with Crippen LogP contribution in [0.25, 0.3) is 16.2 Å². The van der Waals surface area contributed by atoms with Gasteiger partial charge in [0.05, 0.1) is 12.1 Å². The first-order chi connectivity index (χ1) is 9.19. The number of nitrogens with one attached hydrogen (secondary N) is 1. The molecule has 3 aromatic rings. The monoisotopic (exact) mass is 269 g/mol. The van der Waals surface area contributed by atoms with Crippen LogP contribution in [0.2, 0.25) is 0 Å². The van der Waals surface area contributed by atoms with E-state index in [4.69, 9.17) is 0 Å². The molecule has 2 aromatic heterocycles. The van der Waals surface area contributed by atoms with Crippen molar-refractivity contribution in [1.29, 1.82) is 0 Å². The third kappa shape index (κ3) is 1.66. The lowest BCUT2D eigenvalue weighted by Crippen LogP contribution is -2.03. The van der Waals surface area contributed by atoms with Crippen molar-refractivity contribution in [2.24, 2.45) is 0 Å². The van der Waals surface area contributed by atoms with Gasteiger partial charge in [0.15, 0.2) is 4.96 Å². The fourth-order valence-corrected chi connectivity index (χ4v) is 3.25. The molecule has 1 N–H and O–H groups in total. The second-order valence-electron chi connectivity index (χ2n) is 4.75. The molecule has 1 aliphatic heterocycles. The summed E-state index contributed by atoms with van der Waals surface area (Å²) < 4.78 is 2.05. The third-order valence-electron chi connectivity index (χ3n) is 3.30. The van der Waals surface area contributed by atoms with Crippen LogP contribution in [-0.2, 0) is 11.2 Å². The van der Waals surface area contributed by atoms with Crippen LogP contribution in [-0.4, -0.2) is 15.3 Å². The molecule has 94 valence electrons. The van der Waals surface area contributed by atoms with Crippen LogP contribution in [0.1, 0.15) is 10.4 Å². The molecular formula is C14H11N3OS. The van der Waals surface area contributed by atoms with Gasteiger partial charge in [0.25, 0.3) is 0 Å². The molecule has 3 heterocycles. The van der Waals surface area contributed by atoms with Gasteiger partial charge < -0.3 is 5.32 Å². The summed E-state index contributed by atoms with van der Waals surface area (Å²) in [6.07, 6.45) is 4.57. The van der Waals surface area contributed by atoms with Gasteiger partial charge in [0.2, 0.25) is 5.91 Å². The minimum absolute atomic E-state index is 0.0635. The Morgan fingerprint density at radius 2 is 2.26 bits per heavy atom. The molecule has 4 rings (SSSR count). The maximum atomic E-state index is 11.4. The molecule has 1 aliphatic rings. The smallest absolute Gasteiger partial charge is 0.228 e. The number of aryl methyl sites for hydroxylation is 1. The second kappa shape index (κ2) is 3.68. The van der Waals surface area contributed by atoms with Crippen LogP contribution in [0.4, 0.5) is 5.69 Å². The van der Waals surface area contributed by atoms with Crippen LogP contribution in [0, 0.1) is 6.92 Å². The van der Waals surface area contributed by atoms with E-state index in [1.54, 1.807) is 11.3 Å². The van der Waals surface area contributed by atoms with E-state index >= 15 is 0 Å². The molecule has 0 saturated heterocycles.